The van der Waals surface area contributed by atoms with Crippen molar-refractivity contribution in [2.75, 3.05) is 19.1 Å². The number of furan rings is 1. The molecule has 0 aliphatic carbocycles. The Kier molecular flexibility index (Phi) is 6.10. The summed E-state index contributed by atoms with van der Waals surface area (Å²) in [5.74, 6) is 1.29. The fraction of sp³-hybridized carbons (Fsp3) is 0.200. The van der Waals surface area contributed by atoms with Gasteiger partial charge < -0.3 is 13.9 Å². The zero-order chi connectivity index (χ0) is 22.8. The number of hydrogen-bond acceptors (Lipinski definition) is 6. The van der Waals surface area contributed by atoms with E-state index in [9.17, 15) is 9.59 Å². The van der Waals surface area contributed by atoms with Crippen LogP contribution < -0.4 is 14.4 Å². The SMILES string of the molecule is COc1ccc(OC)c(N2C(=O)C(SCc3ccco3)=C(c3ccc(C)cc3C)C2=O)c1. The first-order valence-electron chi connectivity index (χ1n) is 10.0. The first-order valence-corrected chi connectivity index (χ1v) is 11.0. The third-order valence-corrected chi connectivity index (χ3v) is 6.35. The van der Waals surface area contributed by atoms with Gasteiger partial charge in [0.15, 0.2) is 0 Å². The average molecular weight is 450 g/mol. The van der Waals surface area contributed by atoms with Crippen LogP contribution in [0.2, 0.25) is 0 Å². The second kappa shape index (κ2) is 8.96. The molecule has 0 saturated heterocycles. The molecule has 0 N–H and O–H groups in total. The summed E-state index contributed by atoms with van der Waals surface area (Å²) in [6, 6.07) is 14.5. The standard InChI is InChI=1S/C25H23NO5S/c1-15-7-9-19(16(2)12-15)22-23(32-14-18-6-5-11-31-18)25(28)26(24(22)27)20-13-17(29-3)8-10-21(20)30-4/h5-13H,14H2,1-4H3. The molecule has 7 heteroatoms. The Labute approximate surface area is 190 Å². The van der Waals surface area contributed by atoms with Crippen LogP contribution >= 0.6 is 11.8 Å². The minimum absolute atomic E-state index is 0.345. The van der Waals surface area contributed by atoms with Crippen molar-refractivity contribution in [2.24, 2.45) is 0 Å². The number of hydrogen-bond donors (Lipinski definition) is 0. The Bertz CT molecular complexity index is 1210. The van der Waals surface area contributed by atoms with Crippen LogP contribution in [0.4, 0.5) is 5.69 Å². The molecule has 1 aromatic heterocycles. The first-order chi connectivity index (χ1) is 15.4. The lowest BCUT2D eigenvalue weighted by Gasteiger charge is -2.19. The summed E-state index contributed by atoms with van der Waals surface area (Å²) in [7, 11) is 3.03. The number of aryl methyl sites for hydroxylation is 2. The summed E-state index contributed by atoms with van der Waals surface area (Å²) in [6.45, 7) is 3.93. The fourth-order valence-corrected chi connectivity index (χ4v) is 4.71. The van der Waals surface area contributed by atoms with Crippen LogP contribution in [0, 0.1) is 13.8 Å². The average Bonchev–Trinajstić information content (AvgIpc) is 3.38. The highest BCUT2D eigenvalue weighted by atomic mass is 32.2. The number of carbonyl (C=O) groups excluding carboxylic acids is 2. The van der Waals surface area contributed by atoms with Crippen molar-refractivity contribution >= 4 is 34.8 Å². The van der Waals surface area contributed by atoms with Crippen LogP contribution in [0.5, 0.6) is 11.5 Å². The van der Waals surface area contributed by atoms with Gasteiger partial charge in [-0.3, -0.25) is 9.59 Å². The molecule has 6 nitrogen and oxygen atoms in total. The van der Waals surface area contributed by atoms with Gasteiger partial charge in [0, 0.05) is 6.07 Å². The lowest BCUT2D eigenvalue weighted by atomic mass is 9.98. The Balaban J connectivity index is 1.83. The Morgan fingerprint density at radius 1 is 0.969 bits per heavy atom. The number of imide groups is 1. The summed E-state index contributed by atoms with van der Waals surface area (Å²) in [6.07, 6.45) is 1.59. The largest absolute Gasteiger partial charge is 0.497 e. The highest BCUT2D eigenvalue weighted by Crippen LogP contribution is 2.43. The Morgan fingerprint density at radius 3 is 2.44 bits per heavy atom. The molecular formula is C25H23NO5S. The number of rotatable bonds is 7. The monoisotopic (exact) mass is 449 g/mol. The van der Waals surface area contributed by atoms with E-state index in [4.69, 9.17) is 13.9 Å². The quantitative estimate of drug-likeness (QED) is 0.466. The van der Waals surface area contributed by atoms with Crippen LogP contribution in [-0.2, 0) is 15.3 Å². The van der Waals surface area contributed by atoms with Gasteiger partial charge in [-0.15, -0.1) is 11.8 Å². The van der Waals surface area contributed by atoms with E-state index in [1.54, 1.807) is 30.5 Å². The number of carbonyl (C=O) groups is 2. The normalized spacial score (nSPS) is 13.8. The van der Waals surface area contributed by atoms with E-state index in [1.165, 1.54) is 30.9 Å². The zero-order valence-corrected chi connectivity index (χ0v) is 19.1. The topological polar surface area (TPSA) is 69.0 Å². The van der Waals surface area contributed by atoms with Gasteiger partial charge in [-0.25, -0.2) is 4.90 Å². The summed E-state index contributed by atoms with van der Waals surface area (Å²) >= 11 is 1.29. The van der Waals surface area contributed by atoms with Crippen molar-refractivity contribution in [1.82, 2.24) is 0 Å². The minimum atomic E-state index is -0.395. The number of nitrogens with zero attached hydrogens (tertiary/aromatic N) is 1. The molecule has 2 aromatic carbocycles. The number of anilines is 1. The lowest BCUT2D eigenvalue weighted by Crippen LogP contribution is -2.31. The summed E-state index contributed by atoms with van der Waals surface area (Å²) in [4.78, 5) is 28.9. The van der Waals surface area contributed by atoms with E-state index in [1.807, 2.05) is 38.1 Å². The molecule has 2 heterocycles. The van der Waals surface area contributed by atoms with E-state index in [0.29, 0.717) is 33.4 Å². The second-order valence-electron chi connectivity index (χ2n) is 7.37. The maximum absolute atomic E-state index is 13.7. The van der Waals surface area contributed by atoms with Crippen molar-refractivity contribution in [3.63, 3.8) is 0 Å². The number of amides is 2. The molecule has 0 unspecified atom stereocenters. The smallest absolute Gasteiger partial charge is 0.272 e. The lowest BCUT2D eigenvalue weighted by molar-refractivity contribution is -0.119. The molecular weight excluding hydrogens is 426 g/mol. The van der Waals surface area contributed by atoms with Crippen molar-refractivity contribution in [3.8, 4) is 11.5 Å². The van der Waals surface area contributed by atoms with Gasteiger partial charge in [0.05, 0.1) is 42.4 Å². The van der Waals surface area contributed by atoms with E-state index in [0.717, 1.165) is 22.5 Å². The van der Waals surface area contributed by atoms with Gasteiger partial charge in [0.25, 0.3) is 11.8 Å². The number of thioether (sulfide) groups is 1. The maximum atomic E-state index is 13.7. The summed E-state index contributed by atoms with van der Waals surface area (Å²) in [5, 5.41) is 0. The molecule has 32 heavy (non-hydrogen) atoms. The molecule has 4 rings (SSSR count). The fourth-order valence-electron chi connectivity index (χ4n) is 3.70. The first kappa shape index (κ1) is 21.8. The molecule has 0 saturated carbocycles. The molecule has 0 atom stereocenters. The van der Waals surface area contributed by atoms with Crippen LogP contribution in [0.15, 0.2) is 64.1 Å². The molecule has 0 radical (unpaired) electrons. The van der Waals surface area contributed by atoms with Crippen molar-refractivity contribution in [2.45, 2.75) is 19.6 Å². The Morgan fingerprint density at radius 2 is 1.78 bits per heavy atom. The maximum Gasteiger partial charge on any atom is 0.272 e. The summed E-state index contributed by atoms with van der Waals surface area (Å²) < 4.78 is 16.2. The van der Waals surface area contributed by atoms with Crippen LogP contribution in [0.3, 0.4) is 0 Å². The van der Waals surface area contributed by atoms with Crippen LogP contribution in [-0.4, -0.2) is 26.0 Å². The molecule has 1 aliphatic rings. The van der Waals surface area contributed by atoms with E-state index in [-0.39, 0.29) is 0 Å². The van der Waals surface area contributed by atoms with E-state index in [2.05, 4.69) is 0 Å². The van der Waals surface area contributed by atoms with Crippen molar-refractivity contribution < 1.29 is 23.5 Å². The van der Waals surface area contributed by atoms with E-state index < -0.39 is 11.8 Å². The van der Waals surface area contributed by atoms with Gasteiger partial charge in [-0.05, 0) is 49.2 Å². The van der Waals surface area contributed by atoms with Gasteiger partial charge in [0.2, 0.25) is 0 Å². The molecule has 164 valence electrons. The number of ether oxygens (including phenoxy) is 2. The van der Waals surface area contributed by atoms with Crippen LogP contribution in [0.1, 0.15) is 22.5 Å². The predicted octanol–water partition coefficient (Wildman–Crippen LogP) is 5.13. The highest BCUT2D eigenvalue weighted by molar-refractivity contribution is 8.03. The van der Waals surface area contributed by atoms with Crippen molar-refractivity contribution in [1.29, 1.82) is 0 Å². The Hall–Kier alpha value is -3.45. The minimum Gasteiger partial charge on any atom is -0.497 e. The predicted molar refractivity (Wildman–Crippen MR) is 125 cm³/mol. The van der Waals surface area contributed by atoms with Gasteiger partial charge in [-0.2, -0.15) is 0 Å². The van der Waals surface area contributed by atoms with Crippen molar-refractivity contribution in [3.05, 3.63) is 82.1 Å². The molecule has 0 spiro atoms. The number of benzene rings is 2. The van der Waals surface area contributed by atoms with Gasteiger partial charge in [0.1, 0.15) is 17.3 Å². The third kappa shape index (κ3) is 3.91. The van der Waals surface area contributed by atoms with Gasteiger partial charge >= 0.3 is 0 Å². The van der Waals surface area contributed by atoms with Crippen LogP contribution in [0.25, 0.3) is 5.57 Å². The molecule has 1 aliphatic heterocycles. The van der Waals surface area contributed by atoms with E-state index >= 15 is 0 Å². The molecule has 0 bridgehead atoms. The summed E-state index contributed by atoms with van der Waals surface area (Å²) in [5.41, 5.74) is 3.48. The number of methoxy groups -OCH3 is 2. The zero-order valence-electron chi connectivity index (χ0n) is 18.3. The second-order valence-corrected chi connectivity index (χ2v) is 8.36. The molecule has 0 fully saturated rings. The molecule has 3 aromatic rings. The molecule has 2 amide bonds. The third-order valence-electron chi connectivity index (χ3n) is 5.26. The highest BCUT2D eigenvalue weighted by Gasteiger charge is 2.42. The van der Waals surface area contributed by atoms with Gasteiger partial charge in [-0.1, -0.05) is 23.8 Å².